The second-order valence-electron chi connectivity index (χ2n) is 6.89. The normalized spacial score (nSPS) is 13.0. The number of hydrogen-bond donors (Lipinski definition) is 5. The van der Waals surface area contributed by atoms with Crippen LogP contribution < -0.4 is 22.1 Å². The number of benzene rings is 1. The standard InChI is InChI=1S/C19H31N5O3/c1-13(2)12-23-16(11-14-7-4-3-5-8-14)17(25)24-15(18(26)27)9-6-10-22-19(20)21/h3-5,7-8,13,15-16,23H,6,9-12H2,1-2H3,(H,24,25)(H,26,27)(H4,20,21,22)/t15-,16-/m0/s1. The van der Waals surface area contributed by atoms with Crippen molar-refractivity contribution in [1.29, 1.82) is 0 Å². The zero-order chi connectivity index (χ0) is 20.2. The van der Waals surface area contributed by atoms with E-state index in [1.54, 1.807) is 0 Å². The molecule has 2 atom stereocenters. The number of nitrogens with one attached hydrogen (secondary N) is 2. The van der Waals surface area contributed by atoms with Gasteiger partial charge in [0.2, 0.25) is 5.91 Å². The topological polar surface area (TPSA) is 143 Å². The number of nitrogens with zero attached hydrogens (tertiary/aromatic N) is 1. The molecule has 0 fully saturated rings. The van der Waals surface area contributed by atoms with Crippen LogP contribution in [0.15, 0.2) is 35.3 Å². The molecular formula is C19H31N5O3. The van der Waals surface area contributed by atoms with Crippen LogP contribution >= 0.6 is 0 Å². The molecule has 1 amide bonds. The molecule has 0 heterocycles. The van der Waals surface area contributed by atoms with Gasteiger partial charge in [0, 0.05) is 6.54 Å². The van der Waals surface area contributed by atoms with Crippen molar-refractivity contribution in [2.45, 2.75) is 45.2 Å². The number of carbonyl (C=O) groups excluding carboxylic acids is 1. The van der Waals surface area contributed by atoms with Crippen molar-refractivity contribution in [2.75, 3.05) is 13.1 Å². The van der Waals surface area contributed by atoms with Crippen molar-refractivity contribution in [1.82, 2.24) is 10.6 Å². The summed E-state index contributed by atoms with van der Waals surface area (Å²) < 4.78 is 0. The van der Waals surface area contributed by atoms with Gasteiger partial charge in [-0.15, -0.1) is 0 Å². The minimum absolute atomic E-state index is 0.0354. The molecule has 0 spiro atoms. The van der Waals surface area contributed by atoms with E-state index in [-0.39, 0.29) is 18.3 Å². The van der Waals surface area contributed by atoms with E-state index < -0.39 is 18.1 Å². The smallest absolute Gasteiger partial charge is 0.326 e. The first-order valence-electron chi connectivity index (χ1n) is 9.15. The van der Waals surface area contributed by atoms with Crippen molar-refractivity contribution in [3.63, 3.8) is 0 Å². The molecule has 1 aromatic carbocycles. The van der Waals surface area contributed by atoms with E-state index in [0.717, 1.165) is 5.56 Å². The number of aliphatic carboxylic acids is 1. The Morgan fingerprint density at radius 3 is 2.37 bits per heavy atom. The first kappa shape index (κ1) is 22.4. The van der Waals surface area contributed by atoms with Gasteiger partial charge in [-0.1, -0.05) is 44.2 Å². The second kappa shape index (κ2) is 11.9. The monoisotopic (exact) mass is 377 g/mol. The number of nitrogens with two attached hydrogens (primary N) is 2. The van der Waals surface area contributed by atoms with Crippen LogP contribution in [0.5, 0.6) is 0 Å². The first-order chi connectivity index (χ1) is 12.8. The van der Waals surface area contributed by atoms with Crippen molar-refractivity contribution in [3.8, 4) is 0 Å². The summed E-state index contributed by atoms with van der Waals surface area (Å²) in [4.78, 5) is 28.0. The minimum atomic E-state index is -1.07. The van der Waals surface area contributed by atoms with Gasteiger partial charge in [-0.05, 0) is 37.3 Å². The summed E-state index contributed by atoms with van der Waals surface area (Å²) in [5, 5.41) is 15.3. The van der Waals surface area contributed by atoms with E-state index in [4.69, 9.17) is 11.5 Å². The highest BCUT2D eigenvalue weighted by molar-refractivity contribution is 5.87. The number of hydrogen-bond acceptors (Lipinski definition) is 4. The fourth-order valence-electron chi connectivity index (χ4n) is 2.52. The van der Waals surface area contributed by atoms with Gasteiger partial charge in [-0.3, -0.25) is 9.79 Å². The van der Waals surface area contributed by atoms with Crippen LogP contribution in [-0.4, -0.2) is 48.1 Å². The van der Waals surface area contributed by atoms with Gasteiger partial charge in [0.15, 0.2) is 5.96 Å². The van der Waals surface area contributed by atoms with E-state index in [2.05, 4.69) is 15.6 Å². The van der Waals surface area contributed by atoms with Gasteiger partial charge < -0.3 is 27.2 Å². The van der Waals surface area contributed by atoms with Crippen LogP contribution in [0, 0.1) is 5.92 Å². The van der Waals surface area contributed by atoms with Gasteiger partial charge in [0.05, 0.1) is 6.04 Å². The Bertz CT molecular complexity index is 615. The first-order valence-corrected chi connectivity index (χ1v) is 9.15. The van der Waals surface area contributed by atoms with Crippen LogP contribution in [0.2, 0.25) is 0 Å². The molecule has 8 heteroatoms. The lowest BCUT2D eigenvalue weighted by Gasteiger charge is -2.22. The Hall–Kier alpha value is -2.61. The summed E-state index contributed by atoms with van der Waals surface area (Å²) in [6.07, 6.45) is 1.19. The number of aliphatic imine (C=N–C) groups is 1. The van der Waals surface area contributed by atoms with Crippen LogP contribution in [0.1, 0.15) is 32.3 Å². The Balaban J connectivity index is 2.72. The van der Waals surface area contributed by atoms with E-state index in [1.807, 2.05) is 44.2 Å². The lowest BCUT2D eigenvalue weighted by Crippen LogP contribution is -2.51. The van der Waals surface area contributed by atoms with Crippen molar-refractivity contribution < 1.29 is 14.7 Å². The predicted molar refractivity (Wildman–Crippen MR) is 106 cm³/mol. The highest BCUT2D eigenvalue weighted by Crippen LogP contribution is 2.06. The molecule has 0 unspecified atom stereocenters. The Morgan fingerprint density at radius 1 is 1.15 bits per heavy atom. The van der Waals surface area contributed by atoms with Crippen LogP contribution in [0.4, 0.5) is 0 Å². The third kappa shape index (κ3) is 9.60. The zero-order valence-corrected chi connectivity index (χ0v) is 16.0. The van der Waals surface area contributed by atoms with E-state index in [9.17, 15) is 14.7 Å². The third-order valence-corrected chi connectivity index (χ3v) is 3.93. The summed E-state index contributed by atoms with van der Waals surface area (Å²) in [6.45, 7) is 5.08. The SMILES string of the molecule is CC(C)CN[C@@H](Cc1ccccc1)C(=O)N[C@@H](CCCN=C(N)N)C(=O)O. The Morgan fingerprint density at radius 2 is 1.81 bits per heavy atom. The molecule has 7 N–H and O–H groups in total. The fraction of sp³-hybridized carbons (Fsp3) is 0.526. The third-order valence-electron chi connectivity index (χ3n) is 3.93. The Labute approximate surface area is 160 Å². The molecule has 0 aliphatic carbocycles. The van der Waals surface area contributed by atoms with E-state index in [0.29, 0.717) is 31.8 Å². The number of amides is 1. The van der Waals surface area contributed by atoms with Crippen molar-refractivity contribution >= 4 is 17.8 Å². The van der Waals surface area contributed by atoms with Crippen molar-refractivity contribution in [3.05, 3.63) is 35.9 Å². The van der Waals surface area contributed by atoms with Gasteiger partial charge in [0.25, 0.3) is 0 Å². The molecule has 0 saturated heterocycles. The van der Waals surface area contributed by atoms with E-state index >= 15 is 0 Å². The highest BCUT2D eigenvalue weighted by atomic mass is 16.4. The quantitative estimate of drug-likeness (QED) is 0.203. The molecule has 0 saturated carbocycles. The molecule has 8 nitrogen and oxygen atoms in total. The molecule has 0 aliphatic rings. The average molecular weight is 377 g/mol. The summed E-state index contributed by atoms with van der Waals surface area (Å²) in [5.41, 5.74) is 11.5. The van der Waals surface area contributed by atoms with Crippen molar-refractivity contribution in [2.24, 2.45) is 22.4 Å². The molecule has 150 valence electrons. The molecule has 1 rings (SSSR count). The molecule has 0 aliphatic heterocycles. The summed E-state index contributed by atoms with van der Waals surface area (Å²) in [7, 11) is 0. The second-order valence-corrected chi connectivity index (χ2v) is 6.89. The molecule has 0 aromatic heterocycles. The van der Waals surface area contributed by atoms with Crippen LogP contribution in [0.3, 0.4) is 0 Å². The number of carbonyl (C=O) groups is 2. The summed E-state index contributed by atoms with van der Waals surface area (Å²) >= 11 is 0. The summed E-state index contributed by atoms with van der Waals surface area (Å²) in [6, 6.07) is 8.15. The number of carboxylic acid groups (broad SMARTS) is 1. The summed E-state index contributed by atoms with van der Waals surface area (Å²) in [5.74, 6) is -1.07. The molecular weight excluding hydrogens is 346 g/mol. The Kier molecular flexibility index (Phi) is 9.89. The number of rotatable bonds is 12. The largest absolute Gasteiger partial charge is 0.480 e. The number of guanidine groups is 1. The predicted octanol–water partition coefficient (Wildman–Crippen LogP) is 0.466. The lowest BCUT2D eigenvalue weighted by atomic mass is 10.0. The zero-order valence-electron chi connectivity index (χ0n) is 16.0. The fourth-order valence-corrected chi connectivity index (χ4v) is 2.52. The maximum absolute atomic E-state index is 12.7. The highest BCUT2D eigenvalue weighted by Gasteiger charge is 2.25. The van der Waals surface area contributed by atoms with Crippen LogP contribution in [0.25, 0.3) is 0 Å². The molecule has 0 bridgehead atoms. The maximum Gasteiger partial charge on any atom is 0.326 e. The molecule has 1 aromatic rings. The average Bonchev–Trinajstić information content (AvgIpc) is 2.61. The van der Waals surface area contributed by atoms with Gasteiger partial charge in [-0.25, -0.2) is 4.79 Å². The minimum Gasteiger partial charge on any atom is -0.480 e. The van der Waals surface area contributed by atoms with E-state index in [1.165, 1.54) is 0 Å². The molecule has 0 radical (unpaired) electrons. The number of carboxylic acids is 1. The van der Waals surface area contributed by atoms with Gasteiger partial charge in [-0.2, -0.15) is 0 Å². The maximum atomic E-state index is 12.7. The lowest BCUT2D eigenvalue weighted by molar-refractivity contribution is -0.142. The van der Waals surface area contributed by atoms with Gasteiger partial charge in [0.1, 0.15) is 6.04 Å². The van der Waals surface area contributed by atoms with Gasteiger partial charge >= 0.3 is 5.97 Å². The van der Waals surface area contributed by atoms with Crippen LogP contribution in [-0.2, 0) is 16.0 Å². The molecule has 27 heavy (non-hydrogen) atoms.